The molecule has 6 heteroatoms. The molecular formula is C12H13NO4S. The van der Waals surface area contributed by atoms with Gasteiger partial charge >= 0.3 is 0 Å². The van der Waals surface area contributed by atoms with Crippen LogP contribution in [-0.2, 0) is 11.4 Å². The zero-order chi connectivity index (χ0) is 13.5. The van der Waals surface area contributed by atoms with Gasteiger partial charge in [0.15, 0.2) is 5.12 Å². The van der Waals surface area contributed by atoms with E-state index in [1.807, 2.05) is 0 Å². The molecule has 0 spiro atoms. The van der Waals surface area contributed by atoms with E-state index in [9.17, 15) is 14.9 Å². The molecule has 0 fully saturated rings. The first-order valence-electron chi connectivity index (χ1n) is 5.22. The first kappa shape index (κ1) is 14.4. The van der Waals surface area contributed by atoms with E-state index < -0.39 is 4.92 Å². The second kappa shape index (κ2) is 6.93. The number of hydrogen-bond donors (Lipinski definition) is 1. The maximum Gasteiger partial charge on any atom is 0.275 e. The van der Waals surface area contributed by atoms with Crippen molar-refractivity contribution in [3.8, 4) is 0 Å². The molecule has 0 heterocycles. The maximum absolute atomic E-state index is 10.8. The summed E-state index contributed by atoms with van der Waals surface area (Å²) in [5.74, 6) is 0.533. The first-order chi connectivity index (χ1) is 8.54. The summed E-state index contributed by atoms with van der Waals surface area (Å²) in [4.78, 5) is 20.9. The average molecular weight is 267 g/mol. The van der Waals surface area contributed by atoms with Crippen LogP contribution in [0.1, 0.15) is 18.1 Å². The minimum Gasteiger partial charge on any atom is -0.391 e. The topological polar surface area (TPSA) is 80.4 Å². The predicted octanol–water partition coefficient (Wildman–Crippen LogP) is 2.38. The molecule has 0 saturated carbocycles. The molecular weight excluding hydrogens is 254 g/mol. The highest BCUT2D eigenvalue weighted by Crippen LogP contribution is 2.21. The smallest absolute Gasteiger partial charge is 0.275 e. The monoisotopic (exact) mass is 267 g/mol. The number of carbonyl (C=O) groups is 1. The highest BCUT2D eigenvalue weighted by molar-refractivity contribution is 8.13. The van der Waals surface area contributed by atoms with Gasteiger partial charge in [0.05, 0.1) is 17.1 Å². The third kappa shape index (κ3) is 4.31. The van der Waals surface area contributed by atoms with Crippen molar-refractivity contribution in [2.75, 3.05) is 5.75 Å². The summed E-state index contributed by atoms with van der Waals surface area (Å²) >= 11 is 1.17. The molecule has 0 aliphatic carbocycles. The van der Waals surface area contributed by atoms with Crippen LogP contribution in [0.4, 0.5) is 5.69 Å². The molecule has 0 bridgehead atoms. The summed E-state index contributed by atoms with van der Waals surface area (Å²) in [5, 5.41) is 19.8. The molecule has 0 aliphatic heterocycles. The minimum atomic E-state index is -0.521. The van der Waals surface area contributed by atoms with Gasteiger partial charge in [-0.2, -0.15) is 0 Å². The van der Waals surface area contributed by atoms with Gasteiger partial charge in [-0.05, 0) is 11.6 Å². The summed E-state index contributed by atoms with van der Waals surface area (Å²) in [7, 11) is 0. The average Bonchev–Trinajstić information content (AvgIpc) is 2.34. The number of nitro benzene ring substituents is 1. The number of nitrogens with zero attached hydrogens (tertiary/aromatic N) is 1. The molecule has 0 aromatic heterocycles. The van der Waals surface area contributed by atoms with Crippen molar-refractivity contribution in [3.63, 3.8) is 0 Å². The van der Waals surface area contributed by atoms with Gasteiger partial charge < -0.3 is 5.11 Å². The van der Waals surface area contributed by atoms with Crippen molar-refractivity contribution in [3.05, 3.63) is 45.5 Å². The second-order valence-corrected chi connectivity index (χ2v) is 4.71. The van der Waals surface area contributed by atoms with Crippen molar-refractivity contribution >= 4 is 28.6 Å². The second-order valence-electron chi connectivity index (χ2n) is 3.51. The Hall–Kier alpha value is -1.66. The Morgan fingerprint density at radius 1 is 1.56 bits per heavy atom. The van der Waals surface area contributed by atoms with Gasteiger partial charge in [0, 0.05) is 18.7 Å². The van der Waals surface area contributed by atoms with Crippen molar-refractivity contribution in [1.29, 1.82) is 0 Å². The summed E-state index contributed by atoms with van der Waals surface area (Å²) in [6.07, 6.45) is 3.48. The number of aliphatic hydroxyl groups is 1. The molecule has 1 rings (SSSR count). The molecule has 96 valence electrons. The lowest BCUT2D eigenvalue weighted by Gasteiger charge is -2.00. The van der Waals surface area contributed by atoms with Crippen LogP contribution in [0.5, 0.6) is 0 Å². The molecule has 0 radical (unpaired) electrons. The Kier molecular flexibility index (Phi) is 5.54. The SMILES string of the molecule is CC(=O)SCC=Cc1ccc(CO)c([N+](=O)[O-])c1. The first-order valence-corrected chi connectivity index (χ1v) is 6.21. The van der Waals surface area contributed by atoms with E-state index in [1.54, 1.807) is 18.2 Å². The summed E-state index contributed by atoms with van der Waals surface area (Å²) in [5.41, 5.74) is 0.859. The Bertz CT molecular complexity index is 485. The predicted molar refractivity (Wildman–Crippen MR) is 71.2 cm³/mol. The van der Waals surface area contributed by atoms with E-state index in [4.69, 9.17) is 5.11 Å². The fraction of sp³-hybridized carbons (Fsp3) is 0.250. The Balaban J connectivity index is 2.82. The van der Waals surface area contributed by atoms with Gasteiger partial charge in [0.2, 0.25) is 0 Å². The lowest BCUT2D eigenvalue weighted by atomic mass is 10.1. The van der Waals surface area contributed by atoms with E-state index in [1.165, 1.54) is 30.8 Å². The largest absolute Gasteiger partial charge is 0.391 e. The lowest BCUT2D eigenvalue weighted by Crippen LogP contribution is -1.95. The van der Waals surface area contributed by atoms with Gasteiger partial charge in [-0.1, -0.05) is 30.0 Å². The van der Waals surface area contributed by atoms with Crippen LogP contribution in [0.15, 0.2) is 24.3 Å². The molecule has 0 atom stereocenters. The van der Waals surface area contributed by atoms with Crippen LogP contribution in [0.3, 0.4) is 0 Å². The molecule has 0 amide bonds. The Morgan fingerprint density at radius 3 is 2.83 bits per heavy atom. The number of aliphatic hydroxyl groups excluding tert-OH is 1. The highest BCUT2D eigenvalue weighted by Gasteiger charge is 2.12. The van der Waals surface area contributed by atoms with Gasteiger partial charge in [-0.15, -0.1) is 0 Å². The fourth-order valence-electron chi connectivity index (χ4n) is 1.34. The Labute approximate surface area is 109 Å². The number of hydrogen-bond acceptors (Lipinski definition) is 5. The summed E-state index contributed by atoms with van der Waals surface area (Å²) in [6.45, 7) is 1.12. The zero-order valence-corrected chi connectivity index (χ0v) is 10.6. The van der Waals surface area contributed by atoms with Gasteiger partial charge in [0.1, 0.15) is 0 Å². The third-order valence-corrected chi connectivity index (χ3v) is 2.94. The number of benzene rings is 1. The molecule has 0 unspecified atom stereocenters. The van der Waals surface area contributed by atoms with Crippen LogP contribution in [0.25, 0.3) is 6.08 Å². The number of nitro groups is 1. The van der Waals surface area contributed by atoms with Crippen LogP contribution in [-0.4, -0.2) is 20.9 Å². The van der Waals surface area contributed by atoms with E-state index in [2.05, 4.69) is 0 Å². The molecule has 1 N–H and O–H groups in total. The number of rotatable bonds is 5. The number of thioether (sulfide) groups is 1. The summed E-state index contributed by atoms with van der Waals surface area (Å²) in [6, 6.07) is 4.61. The van der Waals surface area contributed by atoms with E-state index in [0.717, 1.165) is 0 Å². The molecule has 5 nitrogen and oxygen atoms in total. The lowest BCUT2D eigenvalue weighted by molar-refractivity contribution is -0.385. The molecule has 18 heavy (non-hydrogen) atoms. The quantitative estimate of drug-likeness (QED) is 0.654. The third-order valence-electron chi connectivity index (χ3n) is 2.17. The number of carbonyl (C=O) groups excluding carboxylic acids is 1. The fourth-order valence-corrected chi connectivity index (χ4v) is 1.77. The normalized spacial score (nSPS) is 10.8. The van der Waals surface area contributed by atoms with Gasteiger partial charge in [-0.25, -0.2) is 0 Å². The van der Waals surface area contributed by atoms with Gasteiger partial charge in [0.25, 0.3) is 5.69 Å². The highest BCUT2D eigenvalue weighted by atomic mass is 32.2. The molecule has 0 aliphatic rings. The van der Waals surface area contributed by atoms with Crippen LogP contribution >= 0.6 is 11.8 Å². The van der Waals surface area contributed by atoms with E-state index in [0.29, 0.717) is 11.3 Å². The van der Waals surface area contributed by atoms with Crippen LogP contribution in [0.2, 0.25) is 0 Å². The van der Waals surface area contributed by atoms with Crippen LogP contribution in [0, 0.1) is 10.1 Å². The van der Waals surface area contributed by atoms with E-state index >= 15 is 0 Å². The van der Waals surface area contributed by atoms with Crippen molar-refractivity contribution in [2.45, 2.75) is 13.5 Å². The minimum absolute atomic E-state index is 0.0289. The van der Waals surface area contributed by atoms with Crippen molar-refractivity contribution < 1.29 is 14.8 Å². The molecule has 1 aromatic carbocycles. The van der Waals surface area contributed by atoms with Gasteiger partial charge in [-0.3, -0.25) is 14.9 Å². The van der Waals surface area contributed by atoms with Crippen LogP contribution < -0.4 is 0 Å². The summed E-state index contributed by atoms with van der Waals surface area (Å²) < 4.78 is 0. The molecule has 0 saturated heterocycles. The van der Waals surface area contributed by atoms with Crippen molar-refractivity contribution in [2.24, 2.45) is 0 Å². The maximum atomic E-state index is 10.8. The Morgan fingerprint density at radius 2 is 2.28 bits per heavy atom. The van der Waals surface area contributed by atoms with E-state index in [-0.39, 0.29) is 23.0 Å². The molecule has 1 aromatic rings. The zero-order valence-electron chi connectivity index (χ0n) is 9.83. The standard InChI is InChI=1S/C12H13NO4S/c1-9(15)18-6-2-3-10-4-5-11(8-14)12(7-10)13(16)17/h2-5,7,14H,6,8H2,1H3. The van der Waals surface area contributed by atoms with Crippen molar-refractivity contribution in [1.82, 2.24) is 0 Å².